The van der Waals surface area contributed by atoms with Crippen molar-refractivity contribution in [3.8, 4) is 5.75 Å². The van der Waals surface area contributed by atoms with E-state index in [1.165, 1.54) is 15.3 Å². The molecule has 0 saturated carbocycles. The van der Waals surface area contributed by atoms with E-state index in [1.807, 2.05) is 29.6 Å². The first-order chi connectivity index (χ1) is 12.6. The van der Waals surface area contributed by atoms with Crippen molar-refractivity contribution in [2.75, 3.05) is 27.2 Å². The molecule has 0 saturated heterocycles. The zero-order chi connectivity index (χ0) is 18.4. The Hall–Kier alpha value is -2.54. The predicted molar refractivity (Wildman–Crippen MR) is 105 cm³/mol. The Bertz CT molecular complexity index is 734. The number of nitrogens with zero attached hydrogens (tertiary/aromatic N) is 2. The minimum Gasteiger partial charge on any atom is -0.488 e. The lowest BCUT2D eigenvalue weighted by Crippen LogP contribution is -2.42. The van der Waals surface area contributed by atoms with Crippen LogP contribution in [0.4, 0.5) is 0 Å². The van der Waals surface area contributed by atoms with Gasteiger partial charge in [0.15, 0.2) is 5.96 Å². The fourth-order valence-electron chi connectivity index (χ4n) is 2.62. The van der Waals surface area contributed by atoms with Crippen molar-refractivity contribution in [2.45, 2.75) is 19.1 Å². The van der Waals surface area contributed by atoms with Gasteiger partial charge in [-0.15, -0.1) is 11.3 Å². The lowest BCUT2D eigenvalue weighted by molar-refractivity contribution is -0.127. The van der Waals surface area contributed by atoms with Crippen molar-refractivity contribution >= 4 is 23.2 Å². The summed E-state index contributed by atoms with van der Waals surface area (Å²) in [5.74, 6) is 1.53. The maximum atomic E-state index is 11.8. The Labute approximate surface area is 157 Å². The van der Waals surface area contributed by atoms with Crippen LogP contribution in [0.25, 0.3) is 0 Å². The fraction of sp³-hybridized carbons (Fsp3) is 0.368. The highest BCUT2D eigenvalue weighted by Crippen LogP contribution is 2.27. The highest BCUT2D eigenvalue weighted by atomic mass is 32.1. The number of carbonyl (C=O) groups excluding carboxylic acids is 1. The molecule has 0 bridgehead atoms. The van der Waals surface area contributed by atoms with Gasteiger partial charge in [0.2, 0.25) is 5.91 Å². The predicted octanol–water partition coefficient (Wildman–Crippen LogP) is 1.88. The molecule has 1 amide bonds. The van der Waals surface area contributed by atoms with Gasteiger partial charge in [-0.25, -0.2) is 4.99 Å². The Morgan fingerprint density at radius 3 is 2.85 bits per heavy atom. The Kier molecular flexibility index (Phi) is 6.12. The van der Waals surface area contributed by atoms with Crippen LogP contribution in [0, 0.1) is 0 Å². The topological polar surface area (TPSA) is 66.0 Å². The Morgan fingerprint density at radius 1 is 1.27 bits per heavy atom. The number of aliphatic imine (C=N–C) groups is 1. The van der Waals surface area contributed by atoms with Gasteiger partial charge in [-0.05, 0) is 23.1 Å². The maximum Gasteiger partial charge on any atom is 0.243 e. The third-order valence-corrected chi connectivity index (χ3v) is 4.97. The Balaban J connectivity index is 1.56. The number of hydrogen-bond donors (Lipinski definition) is 2. The Morgan fingerprint density at radius 2 is 2.12 bits per heavy atom. The molecule has 1 aliphatic rings. The largest absolute Gasteiger partial charge is 0.488 e. The first kappa shape index (κ1) is 18.3. The minimum absolute atomic E-state index is 0.0354. The van der Waals surface area contributed by atoms with Gasteiger partial charge in [0.05, 0.1) is 13.1 Å². The van der Waals surface area contributed by atoms with Crippen LogP contribution < -0.4 is 15.4 Å². The van der Waals surface area contributed by atoms with E-state index in [0.717, 1.165) is 12.2 Å². The average Bonchev–Trinajstić information content (AvgIpc) is 3.29. The van der Waals surface area contributed by atoms with Gasteiger partial charge >= 0.3 is 0 Å². The third-order valence-electron chi connectivity index (χ3n) is 4.09. The molecule has 1 aromatic heterocycles. The number of ether oxygens (including phenoxy) is 1. The smallest absolute Gasteiger partial charge is 0.243 e. The maximum absolute atomic E-state index is 11.8. The number of carbonyl (C=O) groups is 1. The summed E-state index contributed by atoms with van der Waals surface area (Å²) in [5.41, 5.74) is 1.23. The SMILES string of the molecule is CN(C)C(=O)CN=C(NCc1cccs1)NCC1Cc2ccccc2O1. The van der Waals surface area contributed by atoms with Crippen molar-refractivity contribution in [1.82, 2.24) is 15.5 Å². The molecule has 0 fully saturated rings. The molecular formula is C19H24N4O2S. The lowest BCUT2D eigenvalue weighted by atomic mass is 10.1. The summed E-state index contributed by atoms with van der Waals surface area (Å²) in [7, 11) is 3.46. The number of likely N-dealkylation sites (N-methyl/N-ethyl adjacent to an activating group) is 1. The monoisotopic (exact) mass is 372 g/mol. The summed E-state index contributed by atoms with van der Waals surface area (Å²) in [5, 5.41) is 8.63. The number of rotatable bonds is 6. The highest BCUT2D eigenvalue weighted by Gasteiger charge is 2.22. The van der Waals surface area contributed by atoms with Gasteiger partial charge in [-0.3, -0.25) is 4.79 Å². The number of guanidine groups is 1. The molecule has 6 nitrogen and oxygen atoms in total. The molecule has 7 heteroatoms. The quantitative estimate of drug-likeness (QED) is 0.600. The molecule has 2 N–H and O–H groups in total. The molecule has 0 radical (unpaired) electrons. The molecule has 1 atom stereocenters. The van der Waals surface area contributed by atoms with Crippen molar-refractivity contribution in [1.29, 1.82) is 0 Å². The van der Waals surface area contributed by atoms with Crippen LogP contribution >= 0.6 is 11.3 Å². The van der Waals surface area contributed by atoms with Gasteiger partial charge < -0.3 is 20.3 Å². The van der Waals surface area contributed by atoms with E-state index in [1.54, 1.807) is 25.4 Å². The standard InChI is InChI=1S/C19H24N4O2S/c1-23(2)18(24)13-22-19(21-12-16-7-5-9-26-16)20-11-15-10-14-6-3-4-8-17(14)25-15/h3-9,15H,10-13H2,1-2H3,(H2,20,21,22). The van der Waals surface area contributed by atoms with E-state index in [4.69, 9.17) is 4.74 Å². The van der Waals surface area contributed by atoms with Crippen molar-refractivity contribution < 1.29 is 9.53 Å². The summed E-state index contributed by atoms with van der Waals surface area (Å²) in [6, 6.07) is 12.2. The number of para-hydroxylation sites is 1. The summed E-state index contributed by atoms with van der Waals surface area (Å²) in [4.78, 5) is 19.0. The van der Waals surface area contributed by atoms with Crippen molar-refractivity contribution in [3.63, 3.8) is 0 Å². The van der Waals surface area contributed by atoms with Crippen LogP contribution in [-0.2, 0) is 17.8 Å². The van der Waals surface area contributed by atoms with Crippen molar-refractivity contribution in [2.24, 2.45) is 4.99 Å². The van der Waals surface area contributed by atoms with Gasteiger partial charge in [0.25, 0.3) is 0 Å². The second kappa shape index (κ2) is 8.71. The molecular weight excluding hydrogens is 348 g/mol. The fourth-order valence-corrected chi connectivity index (χ4v) is 3.27. The second-order valence-electron chi connectivity index (χ2n) is 6.32. The molecule has 0 aliphatic carbocycles. The number of hydrogen-bond acceptors (Lipinski definition) is 4. The van der Waals surface area contributed by atoms with Crippen LogP contribution in [0.1, 0.15) is 10.4 Å². The van der Waals surface area contributed by atoms with Crippen molar-refractivity contribution in [3.05, 3.63) is 52.2 Å². The average molecular weight is 372 g/mol. The zero-order valence-electron chi connectivity index (χ0n) is 15.1. The van der Waals surface area contributed by atoms with Gasteiger partial charge in [0.1, 0.15) is 18.4 Å². The van der Waals surface area contributed by atoms with E-state index < -0.39 is 0 Å². The highest BCUT2D eigenvalue weighted by molar-refractivity contribution is 7.09. The summed E-state index contributed by atoms with van der Waals surface area (Å²) in [6.07, 6.45) is 0.934. The van der Waals surface area contributed by atoms with Crippen LogP contribution in [-0.4, -0.2) is 50.1 Å². The second-order valence-corrected chi connectivity index (χ2v) is 7.35. The summed E-state index contributed by atoms with van der Waals surface area (Å²) < 4.78 is 5.95. The number of thiophene rings is 1. The normalized spacial score (nSPS) is 15.9. The number of benzene rings is 1. The molecule has 0 spiro atoms. The molecule has 138 valence electrons. The van der Waals surface area contributed by atoms with E-state index in [9.17, 15) is 4.79 Å². The lowest BCUT2D eigenvalue weighted by Gasteiger charge is -2.16. The number of amides is 1. The molecule has 1 unspecified atom stereocenters. The number of fused-ring (bicyclic) bond motifs is 1. The van der Waals surface area contributed by atoms with Gasteiger partial charge in [-0.2, -0.15) is 0 Å². The summed E-state index contributed by atoms with van der Waals surface area (Å²) in [6.45, 7) is 1.41. The first-order valence-electron chi connectivity index (χ1n) is 8.61. The zero-order valence-corrected chi connectivity index (χ0v) is 15.9. The molecule has 3 rings (SSSR count). The molecule has 26 heavy (non-hydrogen) atoms. The van der Waals surface area contributed by atoms with Crippen LogP contribution in [0.2, 0.25) is 0 Å². The van der Waals surface area contributed by atoms with E-state index in [0.29, 0.717) is 19.0 Å². The molecule has 1 aromatic carbocycles. The van der Waals surface area contributed by atoms with Crippen LogP contribution in [0.3, 0.4) is 0 Å². The van der Waals surface area contributed by atoms with Gasteiger partial charge in [-0.1, -0.05) is 24.3 Å². The van der Waals surface area contributed by atoms with Gasteiger partial charge in [0, 0.05) is 25.4 Å². The molecule has 2 heterocycles. The third kappa shape index (κ3) is 4.98. The van der Waals surface area contributed by atoms with E-state index in [-0.39, 0.29) is 18.6 Å². The van der Waals surface area contributed by atoms with Crippen LogP contribution in [0.15, 0.2) is 46.8 Å². The van der Waals surface area contributed by atoms with Crippen LogP contribution in [0.5, 0.6) is 5.75 Å². The summed E-state index contributed by atoms with van der Waals surface area (Å²) >= 11 is 1.68. The number of nitrogens with one attached hydrogen (secondary N) is 2. The first-order valence-corrected chi connectivity index (χ1v) is 9.49. The molecule has 2 aromatic rings. The van der Waals surface area contributed by atoms with E-state index in [2.05, 4.69) is 27.8 Å². The molecule has 1 aliphatic heterocycles. The minimum atomic E-state index is -0.0354. The van der Waals surface area contributed by atoms with E-state index >= 15 is 0 Å².